The maximum atomic E-state index is 9.75. The lowest BCUT2D eigenvalue weighted by molar-refractivity contribution is 0.173. The van der Waals surface area contributed by atoms with Crippen molar-refractivity contribution in [3.05, 3.63) is 52.2 Å². The second-order valence-corrected chi connectivity index (χ2v) is 5.28. The first kappa shape index (κ1) is 13.1. The van der Waals surface area contributed by atoms with Crippen molar-refractivity contribution >= 4 is 17.0 Å². The van der Waals surface area contributed by atoms with Gasteiger partial charge in [-0.3, -0.25) is 0 Å². The number of hydrogen-bond donors (Lipinski definition) is 1. The molecule has 1 aromatic heterocycles. The van der Waals surface area contributed by atoms with Crippen LogP contribution in [0.1, 0.15) is 30.6 Å². The smallest absolute Gasteiger partial charge is 0.0787 e. The minimum absolute atomic E-state index is 0.346. The van der Waals surface area contributed by atoms with Gasteiger partial charge in [0.2, 0.25) is 0 Å². The van der Waals surface area contributed by atoms with E-state index in [1.807, 2.05) is 19.1 Å². The first-order valence-electron chi connectivity index (χ1n) is 6.21. The highest BCUT2D eigenvalue weighted by atomic mass is 32.1. The zero-order valence-electron chi connectivity index (χ0n) is 10.8. The van der Waals surface area contributed by atoms with E-state index in [4.69, 9.17) is 0 Å². The third-order valence-corrected chi connectivity index (χ3v) is 3.84. The van der Waals surface area contributed by atoms with Gasteiger partial charge in [0, 0.05) is 19.3 Å². The van der Waals surface area contributed by atoms with Gasteiger partial charge in [-0.05, 0) is 46.5 Å². The van der Waals surface area contributed by atoms with Crippen molar-refractivity contribution in [2.45, 2.75) is 26.0 Å². The topological polar surface area (TPSA) is 23.5 Å². The van der Waals surface area contributed by atoms with E-state index in [1.54, 1.807) is 11.3 Å². The molecular weight excluding hydrogens is 242 g/mol. The molecule has 0 aliphatic heterocycles. The molecule has 0 fully saturated rings. The molecular formula is C15H19NOS. The van der Waals surface area contributed by atoms with E-state index in [1.165, 1.54) is 11.3 Å². The van der Waals surface area contributed by atoms with Crippen LogP contribution in [-0.2, 0) is 6.54 Å². The van der Waals surface area contributed by atoms with Crippen LogP contribution in [0, 0.1) is 0 Å². The number of thiophene rings is 1. The predicted molar refractivity (Wildman–Crippen MR) is 78.1 cm³/mol. The number of anilines is 1. The monoisotopic (exact) mass is 261 g/mol. The Bertz CT molecular complexity index is 464. The summed E-state index contributed by atoms with van der Waals surface area (Å²) in [5.41, 5.74) is 3.50. The molecule has 2 nitrogen and oxygen atoms in total. The lowest BCUT2D eigenvalue weighted by Gasteiger charge is -2.19. The van der Waals surface area contributed by atoms with Crippen molar-refractivity contribution in [3.63, 3.8) is 0 Å². The average Bonchev–Trinajstić information content (AvgIpc) is 2.91. The van der Waals surface area contributed by atoms with Crippen LogP contribution >= 0.6 is 11.3 Å². The van der Waals surface area contributed by atoms with Crippen LogP contribution in [-0.4, -0.2) is 12.2 Å². The quantitative estimate of drug-likeness (QED) is 0.884. The molecule has 0 saturated heterocycles. The highest BCUT2D eigenvalue weighted by Crippen LogP contribution is 2.21. The van der Waals surface area contributed by atoms with Crippen molar-refractivity contribution in [2.24, 2.45) is 0 Å². The minimum Gasteiger partial charge on any atom is -0.388 e. The third-order valence-electron chi connectivity index (χ3n) is 3.11. The van der Waals surface area contributed by atoms with Gasteiger partial charge in [0.05, 0.1) is 6.10 Å². The fourth-order valence-electron chi connectivity index (χ4n) is 1.93. The summed E-state index contributed by atoms with van der Waals surface area (Å²) in [6.45, 7) is 2.90. The Morgan fingerprint density at radius 1 is 1.22 bits per heavy atom. The van der Waals surface area contributed by atoms with E-state index in [0.717, 1.165) is 18.5 Å². The van der Waals surface area contributed by atoms with E-state index in [9.17, 15) is 5.11 Å². The highest BCUT2D eigenvalue weighted by Gasteiger charge is 2.06. The molecule has 1 N–H and O–H groups in total. The second-order valence-electron chi connectivity index (χ2n) is 4.50. The number of benzene rings is 1. The Morgan fingerprint density at radius 3 is 2.50 bits per heavy atom. The predicted octanol–water partition coefficient (Wildman–Crippen LogP) is 3.83. The van der Waals surface area contributed by atoms with E-state index < -0.39 is 0 Å². The van der Waals surface area contributed by atoms with E-state index in [2.05, 4.69) is 40.9 Å². The molecule has 0 spiro atoms. The number of hydrogen-bond acceptors (Lipinski definition) is 3. The first-order valence-corrected chi connectivity index (χ1v) is 7.15. The van der Waals surface area contributed by atoms with Crippen LogP contribution in [0.3, 0.4) is 0 Å². The summed E-state index contributed by atoms with van der Waals surface area (Å²) < 4.78 is 0. The summed E-state index contributed by atoms with van der Waals surface area (Å²) in [6, 6.07) is 10.3. The van der Waals surface area contributed by atoms with Crippen molar-refractivity contribution in [1.82, 2.24) is 0 Å². The van der Waals surface area contributed by atoms with Crippen molar-refractivity contribution in [3.8, 4) is 0 Å². The van der Waals surface area contributed by atoms with Gasteiger partial charge in [-0.1, -0.05) is 19.1 Å². The molecule has 0 saturated carbocycles. The van der Waals surface area contributed by atoms with Gasteiger partial charge < -0.3 is 10.0 Å². The molecule has 1 aromatic carbocycles. The van der Waals surface area contributed by atoms with Crippen LogP contribution in [0.2, 0.25) is 0 Å². The molecule has 3 heteroatoms. The largest absolute Gasteiger partial charge is 0.388 e. The number of aliphatic hydroxyl groups excluding tert-OH is 1. The molecule has 1 heterocycles. The maximum Gasteiger partial charge on any atom is 0.0787 e. The highest BCUT2D eigenvalue weighted by molar-refractivity contribution is 7.07. The van der Waals surface area contributed by atoms with Crippen LogP contribution in [0.25, 0.3) is 0 Å². The Balaban J connectivity index is 2.04. The standard InChI is InChI=1S/C15H19NOS/c1-3-15(17)13-4-6-14(7-5-13)16(2)10-12-8-9-18-11-12/h4-9,11,15,17H,3,10H2,1-2H3/t15-/m0/s1. The van der Waals surface area contributed by atoms with Gasteiger partial charge in [0.15, 0.2) is 0 Å². The molecule has 0 amide bonds. The molecule has 2 rings (SSSR count). The Hall–Kier alpha value is -1.32. The van der Waals surface area contributed by atoms with Crippen molar-refractivity contribution in [1.29, 1.82) is 0 Å². The summed E-state index contributed by atoms with van der Waals surface area (Å²) >= 11 is 1.73. The van der Waals surface area contributed by atoms with Gasteiger partial charge in [0.25, 0.3) is 0 Å². The van der Waals surface area contributed by atoms with Crippen LogP contribution in [0.5, 0.6) is 0 Å². The number of rotatable bonds is 5. The van der Waals surface area contributed by atoms with E-state index in [-0.39, 0.29) is 6.10 Å². The number of aliphatic hydroxyl groups is 1. The molecule has 0 radical (unpaired) electrons. The van der Waals surface area contributed by atoms with E-state index in [0.29, 0.717) is 0 Å². The van der Waals surface area contributed by atoms with Crippen molar-refractivity contribution < 1.29 is 5.11 Å². The molecule has 2 aromatic rings. The molecule has 0 aliphatic rings. The zero-order chi connectivity index (χ0) is 13.0. The molecule has 0 bridgehead atoms. The summed E-state index contributed by atoms with van der Waals surface area (Å²) in [7, 11) is 2.09. The number of nitrogens with zero attached hydrogens (tertiary/aromatic N) is 1. The minimum atomic E-state index is -0.346. The molecule has 0 aliphatic carbocycles. The second kappa shape index (κ2) is 6.03. The summed E-state index contributed by atoms with van der Waals surface area (Å²) in [6.07, 6.45) is 0.408. The molecule has 0 unspecified atom stereocenters. The fourth-order valence-corrected chi connectivity index (χ4v) is 2.59. The molecule has 1 atom stereocenters. The lowest BCUT2D eigenvalue weighted by Crippen LogP contribution is -2.15. The summed E-state index contributed by atoms with van der Waals surface area (Å²) in [4.78, 5) is 2.21. The van der Waals surface area contributed by atoms with Gasteiger partial charge in [-0.25, -0.2) is 0 Å². The first-order chi connectivity index (χ1) is 8.70. The molecule has 18 heavy (non-hydrogen) atoms. The fraction of sp³-hybridized carbons (Fsp3) is 0.333. The Labute approximate surface area is 113 Å². The van der Waals surface area contributed by atoms with Crippen molar-refractivity contribution in [2.75, 3.05) is 11.9 Å². The van der Waals surface area contributed by atoms with Gasteiger partial charge >= 0.3 is 0 Å². The third kappa shape index (κ3) is 3.12. The van der Waals surface area contributed by atoms with Gasteiger partial charge in [-0.15, -0.1) is 0 Å². The SMILES string of the molecule is CC[C@H](O)c1ccc(N(C)Cc2ccsc2)cc1. The lowest BCUT2D eigenvalue weighted by atomic mass is 10.1. The summed E-state index contributed by atoms with van der Waals surface area (Å²) in [5, 5.41) is 14.0. The van der Waals surface area contributed by atoms with Gasteiger partial charge in [-0.2, -0.15) is 11.3 Å². The van der Waals surface area contributed by atoms with Crippen LogP contribution in [0.15, 0.2) is 41.1 Å². The average molecular weight is 261 g/mol. The Kier molecular flexibility index (Phi) is 4.39. The van der Waals surface area contributed by atoms with Crippen LogP contribution in [0.4, 0.5) is 5.69 Å². The van der Waals surface area contributed by atoms with Gasteiger partial charge in [0.1, 0.15) is 0 Å². The van der Waals surface area contributed by atoms with Crippen LogP contribution < -0.4 is 4.90 Å². The maximum absolute atomic E-state index is 9.75. The zero-order valence-corrected chi connectivity index (χ0v) is 11.7. The molecule has 96 valence electrons. The normalized spacial score (nSPS) is 12.4. The summed E-state index contributed by atoms with van der Waals surface area (Å²) in [5.74, 6) is 0. The Morgan fingerprint density at radius 2 is 1.94 bits per heavy atom. The van der Waals surface area contributed by atoms with E-state index >= 15 is 0 Å².